The molecule has 16 heavy (non-hydrogen) atoms. The summed E-state index contributed by atoms with van der Waals surface area (Å²) in [6.45, 7) is 3.62. The lowest BCUT2D eigenvalue weighted by atomic mass is 10.2. The number of likely N-dealkylation sites (N-methyl/N-ethyl adjacent to an activating group) is 1. The van der Waals surface area contributed by atoms with Gasteiger partial charge in [-0.3, -0.25) is 9.52 Å². The normalized spacial score (nSPS) is 33.2. The van der Waals surface area contributed by atoms with Gasteiger partial charge in [0.15, 0.2) is 0 Å². The van der Waals surface area contributed by atoms with Gasteiger partial charge in [0.1, 0.15) is 5.54 Å². The smallest absolute Gasteiger partial charge is 0.254 e. The Kier molecular flexibility index (Phi) is 2.58. The highest BCUT2D eigenvalue weighted by molar-refractivity contribution is 7.90. The van der Waals surface area contributed by atoms with E-state index in [1.165, 1.54) is 0 Å². The highest BCUT2D eigenvalue weighted by Crippen LogP contribution is 2.44. The molecule has 2 aliphatic carbocycles. The van der Waals surface area contributed by atoms with Crippen molar-refractivity contribution in [2.45, 2.75) is 30.1 Å². The van der Waals surface area contributed by atoms with Crippen LogP contribution in [0.25, 0.3) is 0 Å². The number of sulfonamides is 1. The fourth-order valence-electron chi connectivity index (χ4n) is 1.92. The minimum atomic E-state index is -3.45. The minimum absolute atomic E-state index is 0.0203. The zero-order valence-corrected chi connectivity index (χ0v) is 10.0. The average molecular weight is 244 g/mol. The lowest BCUT2D eigenvalue weighted by Crippen LogP contribution is -2.49. The van der Waals surface area contributed by atoms with Crippen molar-refractivity contribution in [2.75, 3.05) is 7.05 Å². The van der Waals surface area contributed by atoms with E-state index < -0.39 is 21.5 Å². The molecule has 0 aromatic carbocycles. The molecule has 90 valence electrons. The first kappa shape index (κ1) is 11.6. The molecule has 2 N–H and O–H groups in total. The first-order valence-electron chi connectivity index (χ1n) is 5.34. The van der Waals surface area contributed by atoms with Crippen molar-refractivity contribution in [1.82, 2.24) is 10.0 Å². The van der Waals surface area contributed by atoms with Crippen molar-refractivity contribution in [1.29, 1.82) is 0 Å². The maximum Gasteiger partial charge on any atom is 0.254 e. The lowest BCUT2D eigenvalue weighted by molar-refractivity contribution is -0.122. The third-order valence-electron chi connectivity index (χ3n) is 3.35. The van der Waals surface area contributed by atoms with E-state index >= 15 is 0 Å². The van der Waals surface area contributed by atoms with Crippen molar-refractivity contribution in [3.05, 3.63) is 12.7 Å². The molecule has 2 saturated carbocycles. The van der Waals surface area contributed by atoms with Crippen LogP contribution in [0.3, 0.4) is 0 Å². The van der Waals surface area contributed by atoms with Crippen molar-refractivity contribution < 1.29 is 13.2 Å². The SMILES string of the molecule is C=CC1CC1(NC)C(=O)NS(=O)(=O)C1CC1. The predicted octanol–water partition coefficient (Wildman–Crippen LogP) is -0.241. The maximum absolute atomic E-state index is 11.9. The Labute approximate surface area is 95.3 Å². The summed E-state index contributed by atoms with van der Waals surface area (Å²) in [6.07, 6.45) is 3.60. The highest BCUT2D eigenvalue weighted by Gasteiger charge is 2.58. The maximum atomic E-state index is 11.9. The van der Waals surface area contributed by atoms with Crippen molar-refractivity contribution in [3.8, 4) is 0 Å². The molecule has 0 spiro atoms. The number of rotatable bonds is 5. The summed E-state index contributed by atoms with van der Waals surface area (Å²) >= 11 is 0. The standard InChI is InChI=1S/C10H16N2O3S/c1-3-7-6-10(7,11-2)9(13)12-16(14,15)8-4-5-8/h3,7-8,11H,1,4-6H2,2H3,(H,12,13). The number of hydrogen-bond acceptors (Lipinski definition) is 4. The van der Waals surface area contributed by atoms with Crippen LogP contribution in [0.2, 0.25) is 0 Å². The van der Waals surface area contributed by atoms with Gasteiger partial charge in [-0.05, 0) is 26.3 Å². The second kappa shape index (κ2) is 3.56. The molecule has 2 atom stereocenters. The van der Waals surface area contributed by atoms with Crippen LogP contribution in [0.15, 0.2) is 12.7 Å². The molecule has 5 nitrogen and oxygen atoms in total. The minimum Gasteiger partial charge on any atom is -0.306 e. The first-order valence-corrected chi connectivity index (χ1v) is 6.88. The van der Waals surface area contributed by atoms with Gasteiger partial charge >= 0.3 is 0 Å². The van der Waals surface area contributed by atoms with E-state index in [4.69, 9.17) is 0 Å². The van der Waals surface area contributed by atoms with Gasteiger partial charge < -0.3 is 5.32 Å². The van der Waals surface area contributed by atoms with E-state index in [-0.39, 0.29) is 11.2 Å². The summed E-state index contributed by atoms with van der Waals surface area (Å²) in [5.41, 5.74) is -0.760. The monoisotopic (exact) mass is 244 g/mol. The number of hydrogen-bond donors (Lipinski definition) is 2. The van der Waals surface area contributed by atoms with Crippen molar-refractivity contribution in [3.63, 3.8) is 0 Å². The molecule has 0 aliphatic heterocycles. The first-order chi connectivity index (χ1) is 7.46. The van der Waals surface area contributed by atoms with Gasteiger partial charge in [0, 0.05) is 5.92 Å². The van der Waals surface area contributed by atoms with Crippen molar-refractivity contribution >= 4 is 15.9 Å². The predicted molar refractivity (Wildman–Crippen MR) is 60.2 cm³/mol. The molecule has 2 fully saturated rings. The van der Waals surface area contributed by atoms with Crippen LogP contribution < -0.4 is 10.0 Å². The Bertz CT molecular complexity index is 427. The molecule has 0 saturated heterocycles. The van der Waals surface area contributed by atoms with Crippen LogP contribution in [0, 0.1) is 5.92 Å². The fourth-order valence-corrected chi connectivity index (χ4v) is 3.28. The average Bonchev–Trinajstić information content (AvgIpc) is 3.10. The van der Waals surface area contributed by atoms with E-state index in [0.29, 0.717) is 19.3 Å². The largest absolute Gasteiger partial charge is 0.306 e. The van der Waals surface area contributed by atoms with Crippen LogP contribution in [0.1, 0.15) is 19.3 Å². The van der Waals surface area contributed by atoms with Gasteiger partial charge in [-0.1, -0.05) is 6.08 Å². The van der Waals surface area contributed by atoms with Gasteiger partial charge in [0.2, 0.25) is 10.0 Å². The van der Waals surface area contributed by atoms with E-state index in [1.807, 2.05) is 0 Å². The molecule has 0 aromatic heterocycles. The quantitative estimate of drug-likeness (QED) is 0.654. The third-order valence-corrected chi connectivity index (χ3v) is 5.17. The Morgan fingerprint density at radius 1 is 1.50 bits per heavy atom. The van der Waals surface area contributed by atoms with Crippen LogP contribution in [-0.4, -0.2) is 32.2 Å². The molecule has 2 unspecified atom stereocenters. The molecular weight excluding hydrogens is 228 g/mol. The molecule has 1 amide bonds. The van der Waals surface area contributed by atoms with Gasteiger partial charge in [0.25, 0.3) is 5.91 Å². The number of carbonyl (C=O) groups excluding carboxylic acids is 1. The van der Waals surface area contributed by atoms with Gasteiger partial charge in [-0.25, -0.2) is 8.42 Å². The van der Waals surface area contributed by atoms with Crippen LogP contribution in [0.5, 0.6) is 0 Å². The summed E-state index contributed by atoms with van der Waals surface area (Å²) in [5.74, 6) is -0.432. The summed E-state index contributed by atoms with van der Waals surface area (Å²) in [4.78, 5) is 11.9. The summed E-state index contributed by atoms with van der Waals surface area (Å²) in [6, 6.07) is 0. The van der Waals surface area contributed by atoms with Gasteiger partial charge in [-0.15, -0.1) is 6.58 Å². The molecule has 0 heterocycles. The molecule has 6 heteroatoms. The molecule has 0 radical (unpaired) electrons. The van der Waals surface area contributed by atoms with Gasteiger partial charge in [-0.2, -0.15) is 0 Å². The van der Waals surface area contributed by atoms with Crippen LogP contribution in [0.4, 0.5) is 0 Å². The third kappa shape index (κ3) is 1.76. The number of amides is 1. The molecule has 2 rings (SSSR count). The molecule has 0 bridgehead atoms. The summed E-state index contributed by atoms with van der Waals surface area (Å²) in [7, 11) is -1.79. The van der Waals surface area contributed by atoms with E-state index in [2.05, 4.69) is 16.6 Å². The lowest BCUT2D eigenvalue weighted by Gasteiger charge is -2.15. The fraction of sp³-hybridized carbons (Fsp3) is 0.700. The second-order valence-corrected chi connectivity index (χ2v) is 6.40. The Morgan fingerprint density at radius 2 is 2.12 bits per heavy atom. The second-order valence-electron chi connectivity index (χ2n) is 4.44. The summed E-state index contributed by atoms with van der Waals surface area (Å²) < 4.78 is 25.4. The zero-order valence-electron chi connectivity index (χ0n) is 9.19. The van der Waals surface area contributed by atoms with Gasteiger partial charge in [0.05, 0.1) is 5.25 Å². The number of carbonyl (C=O) groups is 1. The molecule has 0 aromatic rings. The Hall–Kier alpha value is -0.880. The van der Waals surface area contributed by atoms with E-state index in [1.54, 1.807) is 13.1 Å². The Morgan fingerprint density at radius 3 is 2.50 bits per heavy atom. The Balaban J connectivity index is 2.06. The topological polar surface area (TPSA) is 75.3 Å². The van der Waals surface area contributed by atoms with Crippen LogP contribution >= 0.6 is 0 Å². The summed E-state index contributed by atoms with van der Waals surface area (Å²) in [5, 5.41) is 2.52. The zero-order chi connectivity index (χ0) is 12.0. The highest BCUT2D eigenvalue weighted by atomic mass is 32.2. The molecule has 2 aliphatic rings. The van der Waals surface area contributed by atoms with E-state index in [0.717, 1.165) is 0 Å². The van der Waals surface area contributed by atoms with Crippen LogP contribution in [-0.2, 0) is 14.8 Å². The molecular formula is C10H16N2O3S. The van der Waals surface area contributed by atoms with Crippen molar-refractivity contribution in [2.24, 2.45) is 5.92 Å². The van der Waals surface area contributed by atoms with E-state index in [9.17, 15) is 13.2 Å². The number of nitrogens with one attached hydrogen (secondary N) is 2.